The van der Waals surface area contributed by atoms with Gasteiger partial charge in [-0.25, -0.2) is 9.38 Å². The number of nitrogens with one attached hydrogen (secondary N) is 1. The third kappa shape index (κ3) is 7.69. The molecule has 0 unspecified atom stereocenters. The van der Waals surface area contributed by atoms with Crippen molar-refractivity contribution in [2.75, 3.05) is 40.0 Å². The molecule has 0 atom stereocenters. The Morgan fingerprint density at radius 3 is 2.66 bits per heavy atom. The zero-order valence-electron chi connectivity index (χ0n) is 17.7. The van der Waals surface area contributed by atoms with E-state index in [-0.39, 0.29) is 5.82 Å². The van der Waals surface area contributed by atoms with Gasteiger partial charge in [0.05, 0.1) is 6.54 Å². The molecule has 8 nitrogen and oxygen atoms in total. The normalized spacial score (nSPS) is 11.6. The van der Waals surface area contributed by atoms with Crippen LogP contribution in [-0.4, -0.2) is 65.6 Å². The third-order valence-corrected chi connectivity index (χ3v) is 4.38. The predicted octanol–water partition coefficient (Wildman–Crippen LogP) is 2.15. The number of aryl methyl sites for hydroxylation is 1. The van der Waals surface area contributed by atoms with Crippen LogP contribution in [0.2, 0.25) is 0 Å². The monoisotopic (exact) mass is 406 g/mol. The number of benzene rings is 1. The van der Waals surface area contributed by atoms with Crippen molar-refractivity contribution < 1.29 is 13.9 Å². The number of likely N-dealkylation sites (N-methyl/N-ethyl adjacent to an activating group) is 1. The average Bonchev–Trinajstić information content (AvgIpc) is 3.03. The maximum absolute atomic E-state index is 13.0. The molecule has 0 radical (unpaired) electrons. The number of nitrogens with zero attached hydrogens (tertiary/aromatic N) is 5. The lowest BCUT2D eigenvalue weighted by Crippen LogP contribution is -2.41. The number of hydrogen-bond donors (Lipinski definition) is 1. The van der Waals surface area contributed by atoms with Crippen LogP contribution in [0.25, 0.3) is 0 Å². The molecule has 29 heavy (non-hydrogen) atoms. The molecule has 2 rings (SSSR count). The van der Waals surface area contributed by atoms with Gasteiger partial charge in [0.1, 0.15) is 30.5 Å². The minimum Gasteiger partial charge on any atom is -0.492 e. The van der Waals surface area contributed by atoms with E-state index in [2.05, 4.69) is 20.5 Å². The number of aromatic nitrogens is 3. The molecule has 1 aromatic carbocycles. The van der Waals surface area contributed by atoms with Gasteiger partial charge in [-0.3, -0.25) is 0 Å². The molecule has 9 heteroatoms. The van der Waals surface area contributed by atoms with Crippen LogP contribution in [0.5, 0.6) is 5.75 Å². The second-order valence-corrected chi connectivity index (χ2v) is 6.56. The summed E-state index contributed by atoms with van der Waals surface area (Å²) in [6, 6.07) is 6.00. The van der Waals surface area contributed by atoms with E-state index in [0.717, 1.165) is 30.6 Å². The lowest BCUT2D eigenvalue weighted by atomic mass is 10.3. The lowest BCUT2D eigenvalue weighted by molar-refractivity contribution is 0.145. The summed E-state index contributed by atoms with van der Waals surface area (Å²) in [7, 11) is 3.87. The first kappa shape index (κ1) is 22.6. The molecular formula is C20H31FN6O2. The van der Waals surface area contributed by atoms with Crippen LogP contribution in [-0.2, 0) is 18.3 Å². The SMILES string of the molecule is CCOCCCNC(=NCc1nnc(C)n1C)N(C)CCOc1ccc(F)cc1. The van der Waals surface area contributed by atoms with Crippen LogP contribution in [0.3, 0.4) is 0 Å². The molecule has 0 fully saturated rings. The topological polar surface area (TPSA) is 76.8 Å². The van der Waals surface area contributed by atoms with Gasteiger partial charge in [-0.2, -0.15) is 0 Å². The van der Waals surface area contributed by atoms with E-state index < -0.39 is 0 Å². The Kier molecular flexibility index (Phi) is 9.36. The first-order valence-corrected chi connectivity index (χ1v) is 9.81. The summed E-state index contributed by atoms with van der Waals surface area (Å²) in [4.78, 5) is 6.68. The lowest BCUT2D eigenvalue weighted by Gasteiger charge is -2.22. The van der Waals surface area contributed by atoms with Crippen molar-refractivity contribution >= 4 is 5.96 Å². The van der Waals surface area contributed by atoms with Crippen LogP contribution in [0.15, 0.2) is 29.3 Å². The Bertz CT molecular complexity index is 763. The Balaban J connectivity index is 1.91. The van der Waals surface area contributed by atoms with Crippen LogP contribution >= 0.6 is 0 Å². The Labute approximate surface area is 171 Å². The second-order valence-electron chi connectivity index (χ2n) is 6.56. The highest BCUT2D eigenvalue weighted by atomic mass is 19.1. The number of halogens is 1. The molecule has 1 aromatic heterocycles. The fraction of sp³-hybridized carbons (Fsp3) is 0.550. The summed E-state index contributed by atoms with van der Waals surface area (Å²) in [5, 5.41) is 11.6. The molecule has 0 amide bonds. The summed E-state index contributed by atoms with van der Waals surface area (Å²) in [5.41, 5.74) is 0. The van der Waals surface area contributed by atoms with Crippen molar-refractivity contribution in [1.82, 2.24) is 25.0 Å². The van der Waals surface area contributed by atoms with E-state index in [1.165, 1.54) is 12.1 Å². The first-order valence-electron chi connectivity index (χ1n) is 9.81. The fourth-order valence-corrected chi connectivity index (χ4v) is 2.50. The molecule has 160 valence electrons. The van der Waals surface area contributed by atoms with Crippen LogP contribution in [0, 0.1) is 12.7 Å². The minimum atomic E-state index is -0.279. The molecule has 0 aliphatic carbocycles. The molecule has 1 N–H and O–H groups in total. The second kappa shape index (κ2) is 12.0. The quantitative estimate of drug-likeness (QED) is 0.350. The largest absolute Gasteiger partial charge is 0.492 e. The maximum atomic E-state index is 13.0. The first-order chi connectivity index (χ1) is 14.0. The summed E-state index contributed by atoms with van der Waals surface area (Å²) in [6.07, 6.45) is 0.885. The van der Waals surface area contributed by atoms with Crippen molar-refractivity contribution in [3.8, 4) is 5.75 Å². The molecule has 0 saturated heterocycles. The summed E-state index contributed by atoms with van der Waals surface area (Å²) in [6.45, 7) is 7.55. The van der Waals surface area contributed by atoms with Crippen LogP contribution in [0.1, 0.15) is 25.0 Å². The zero-order chi connectivity index (χ0) is 21.1. The molecular weight excluding hydrogens is 375 g/mol. The molecule has 1 heterocycles. The van der Waals surface area contributed by atoms with Gasteiger partial charge in [-0.1, -0.05) is 0 Å². The van der Waals surface area contributed by atoms with Crippen molar-refractivity contribution in [3.63, 3.8) is 0 Å². The van der Waals surface area contributed by atoms with Gasteiger partial charge in [0.2, 0.25) is 0 Å². The number of rotatable bonds is 11. The Morgan fingerprint density at radius 1 is 1.24 bits per heavy atom. The molecule has 0 aliphatic heterocycles. The van der Waals surface area contributed by atoms with E-state index in [1.54, 1.807) is 12.1 Å². The number of aliphatic imine (C=N–C) groups is 1. The molecule has 0 saturated carbocycles. The van der Waals surface area contributed by atoms with E-state index in [1.807, 2.05) is 37.4 Å². The van der Waals surface area contributed by atoms with Crippen molar-refractivity contribution in [1.29, 1.82) is 0 Å². The highest BCUT2D eigenvalue weighted by Crippen LogP contribution is 2.10. The highest BCUT2D eigenvalue weighted by Gasteiger charge is 2.09. The smallest absolute Gasteiger partial charge is 0.194 e. The Hall–Kier alpha value is -2.68. The summed E-state index contributed by atoms with van der Waals surface area (Å²) < 4.78 is 26.0. The Morgan fingerprint density at radius 2 is 2.00 bits per heavy atom. The van der Waals surface area contributed by atoms with Crippen LogP contribution < -0.4 is 10.1 Å². The number of ether oxygens (including phenoxy) is 2. The molecule has 0 aliphatic rings. The van der Waals surface area contributed by atoms with Crippen molar-refractivity contribution in [3.05, 3.63) is 41.7 Å². The van der Waals surface area contributed by atoms with Crippen molar-refractivity contribution in [2.24, 2.45) is 12.0 Å². The van der Waals surface area contributed by atoms with Gasteiger partial charge >= 0.3 is 0 Å². The van der Waals surface area contributed by atoms with Crippen molar-refractivity contribution in [2.45, 2.75) is 26.8 Å². The fourth-order valence-electron chi connectivity index (χ4n) is 2.50. The molecule has 0 bridgehead atoms. The standard InChI is InChI=1S/C20H31FN6O2/c1-5-28-13-6-11-22-20(23-15-19-25-24-16(2)27(19)4)26(3)12-14-29-18-9-7-17(21)8-10-18/h7-10H,5-6,11-15H2,1-4H3,(H,22,23). The number of guanidine groups is 1. The highest BCUT2D eigenvalue weighted by molar-refractivity contribution is 5.79. The molecule has 2 aromatic rings. The van der Waals surface area contributed by atoms with Gasteiger partial charge in [-0.15, -0.1) is 10.2 Å². The van der Waals surface area contributed by atoms with E-state index in [0.29, 0.717) is 38.7 Å². The van der Waals surface area contributed by atoms with Crippen LogP contribution in [0.4, 0.5) is 4.39 Å². The van der Waals surface area contributed by atoms with Gasteiger partial charge in [0.25, 0.3) is 0 Å². The zero-order valence-corrected chi connectivity index (χ0v) is 17.7. The predicted molar refractivity (Wildman–Crippen MR) is 111 cm³/mol. The third-order valence-electron chi connectivity index (χ3n) is 4.38. The molecule has 0 spiro atoms. The summed E-state index contributed by atoms with van der Waals surface area (Å²) >= 11 is 0. The van der Waals surface area contributed by atoms with Gasteiger partial charge < -0.3 is 24.3 Å². The number of hydrogen-bond acceptors (Lipinski definition) is 5. The van der Waals surface area contributed by atoms with Gasteiger partial charge in [0.15, 0.2) is 11.8 Å². The van der Waals surface area contributed by atoms with E-state index in [9.17, 15) is 4.39 Å². The van der Waals surface area contributed by atoms with E-state index >= 15 is 0 Å². The van der Waals surface area contributed by atoms with Gasteiger partial charge in [0, 0.05) is 33.9 Å². The van der Waals surface area contributed by atoms with Gasteiger partial charge in [-0.05, 0) is 44.5 Å². The minimum absolute atomic E-state index is 0.279. The average molecular weight is 407 g/mol. The maximum Gasteiger partial charge on any atom is 0.194 e. The van der Waals surface area contributed by atoms with E-state index in [4.69, 9.17) is 9.47 Å². The summed E-state index contributed by atoms with van der Waals surface area (Å²) in [5.74, 6) is 2.76.